The molecule has 1 unspecified atom stereocenters. The van der Waals surface area contributed by atoms with Crippen LogP contribution in [0.4, 0.5) is 0 Å². The number of aromatic nitrogens is 3. The number of carbonyl (C=O) groups excluding carboxylic acids is 1. The van der Waals surface area contributed by atoms with E-state index >= 15 is 0 Å². The van der Waals surface area contributed by atoms with Crippen LogP contribution in [0.15, 0.2) is 34.9 Å². The Hall–Kier alpha value is -2.67. The maximum atomic E-state index is 12.8. The van der Waals surface area contributed by atoms with Gasteiger partial charge in [-0.25, -0.2) is 0 Å². The molecule has 0 radical (unpaired) electrons. The number of likely N-dealkylation sites (tertiary alicyclic amines) is 1. The van der Waals surface area contributed by atoms with Gasteiger partial charge in [0.1, 0.15) is 22.6 Å². The second kappa shape index (κ2) is 6.00. The third-order valence-electron chi connectivity index (χ3n) is 4.94. The van der Waals surface area contributed by atoms with Gasteiger partial charge in [0, 0.05) is 17.5 Å². The third kappa shape index (κ3) is 2.80. The number of carbonyl (C=O) groups is 1. The maximum absolute atomic E-state index is 12.8. The summed E-state index contributed by atoms with van der Waals surface area (Å²) in [7, 11) is 0. The molecule has 130 valence electrons. The zero-order chi connectivity index (χ0) is 17.4. The lowest BCUT2D eigenvalue weighted by Gasteiger charge is -2.38. The van der Waals surface area contributed by atoms with E-state index in [1.54, 1.807) is 4.90 Å². The number of aryl methyl sites for hydroxylation is 1. The van der Waals surface area contributed by atoms with Crippen molar-refractivity contribution in [1.29, 1.82) is 0 Å². The highest BCUT2D eigenvalue weighted by Crippen LogP contribution is 2.31. The zero-order valence-corrected chi connectivity index (χ0v) is 14.0. The number of aliphatic hydroxyl groups is 1. The Bertz CT molecular complexity index is 902. The van der Waals surface area contributed by atoms with Crippen LogP contribution in [0.2, 0.25) is 0 Å². The van der Waals surface area contributed by atoms with Crippen molar-refractivity contribution in [3.8, 4) is 0 Å². The molecular formula is C18H20N4O3. The minimum absolute atomic E-state index is 0.0173. The first-order valence-corrected chi connectivity index (χ1v) is 8.40. The summed E-state index contributed by atoms with van der Waals surface area (Å²) in [6.07, 6.45) is 3.07. The number of benzene rings is 1. The minimum atomic E-state index is -1.14. The lowest BCUT2D eigenvalue weighted by atomic mass is 9.89. The van der Waals surface area contributed by atoms with Crippen LogP contribution in [0, 0.1) is 6.92 Å². The highest BCUT2D eigenvalue weighted by Gasteiger charge is 2.38. The van der Waals surface area contributed by atoms with E-state index < -0.39 is 5.60 Å². The molecule has 0 aliphatic carbocycles. The van der Waals surface area contributed by atoms with Gasteiger partial charge in [0.05, 0.1) is 19.2 Å². The molecule has 1 fully saturated rings. The molecule has 7 nitrogen and oxygen atoms in total. The first-order chi connectivity index (χ1) is 12.1. The summed E-state index contributed by atoms with van der Waals surface area (Å²) < 4.78 is 5.74. The molecule has 2 N–H and O–H groups in total. The smallest absolute Gasteiger partial charge is 0.227 e. The van der Waals surface area contributed by atoms with Crippen LogP contribution in [-0.4, -0.2) is 44.4 Å². The lowest BCUT2D eigenvalue weighted by Crippen LogP contribution is -2.49. The molecule has 1 aliphatic rings. The summed E-state index contributed by atoms with van der Waals surface area (Å²) in [5, 5.41) is 22.1. The van der Waals surface area contributed by atoms with Gasteiger partial charge in [-0.3, -0.25) is 4.79 Å². The second-order valence-corrected chi connectivity index (χ2v) is 6.62. The average molecular weight is 340 g/mol. The highest BCUT2D eigenvalue weighted by molar-refractivity contribution is 5.88. The molecule has 1 aromatic carbocycles. The Kier molecular flexibility index (Phi) is 3.80. The number of piperidine rings is 1. The fourth-order valence-electron chi connectivity index (χ4n) is 3.59. The van der Waals surface area contributed by atoms with Crippen LogP contribution in [0.25, 0.3) is 11.0 Å². The van der Waals surface area contributed by atoms with E-state index in [0.717, 1.165) is 28.7 Å². The zero-order valence-electron chi connectivity index (χ0n) is 14.0. The van der Waals surface area contributed by atoms with Gasteiger partial charge >= 0.3 is 0 Å². The molecule has 3 aromatic rings. The van der Waals surface area contributed by atoms with Crippen LogP contribution in [0.1, 0.15) is 29.9 Å². The molecule has 0 spiro atoms. The molecule has 3 heterocycles. The molecule has 1 aliphatic heterocycles. The standard InChI is InChI=1S/C18H20N4O3/c1-12-14(13-5-2-3-6-15(13)25-12)9-17(23)22-8-4-7-18(24,11-22)16-10-19-21-20-16/h2-3,5-6,10,24H,4,7-9,11H2,1H3,(H,19,20,21). The van der Waals surface area contributed by atoms with Crippen LogP contribution in [0.3, 0.4) is 0 Å². The van der Waals surface area contributed by atoms with Gasteiger partial charge in [-0.1, -0.05) is 18.2 Å². The number of rotatable bonds is 3. The third-order valence-corrected chi connectivity index (χ3v) is 4.94. The van der Waals surface area contributed by atoms with E-state index in [-0.39, 0.29) is 18.9 Å². The van der Waals surface area contributed by atoms with E-state index in [4.69, 9.17) is 4.42 Å². The Morgan fingerprint density at radius 1 is 1.44 bits per heavy atom. The van der Waals surface area contributed by atoms with Gasteiger partial charge in [0.2, 0.25) is 5.91 Å². The van der Waals surface area contributed by atoms with Crippen molar-refractivity contribution >= 4 is 16.9 Å². The molecule has 4 rings (SSSR count). The monoisotopic (exact) mass is 340 g/mol. The number of aromatic amines is 1. The summed E-state index contributed by atoms with van der Waals surface area (Å²) in [4.78, 5) is 14.6. The summed E-state index contributed by atoms with van der Waals surface area (Å²) in [5.74, 6) is 0.745. The SMILES string of the molecule is Cc1oc2ccccc2c1CC(=O)N1CCCC(O)(c2cn[nH]n2)C1. The Labute approximate surface area is 144 Å². The normalized spacial score (nSPS) is 21.0. The lowest BCUT2D eigenvalue weighted by molar-refractivity contribution is -0.138. The molecular weight excluding hydrogens is 320 g/mol. The van der Waals surface area contributed by atoms with Gasteiger partial charge in [-0.15, -0.1) is 0 Å². The molecule has 1 saturated heterocycles. The number of amides is 1. The fraction of sp³-hybridized carbons (Fsp3) is 0.389. The average Bonchev–Trinajstić information content (AvgIpc) is 3.24. The Balaban J connectivity index is 1.55. The number of H-pyrrole nitrogens is 1. The van der Waals surface area contributed by atoms with E-state index in [2.05, 4.69) is 15.4 Å². The summed E-state index contributed by atoms with van der Waals surface area (Å²) in [6.45, 7) is 2.74. The number of nitrogens with one attached hydrogen (secondary N) is 1. The molecule has 1 atom stereocenters. The Morgan fingerprint density at radius 3 is 3.08 bits per heavy atom. The number of para-hydroxylation sites is 1. The van der Waals surface area contributed by atoms with Crippen molar-refractivity contribution in [3.05, 3.63) is 47.5 Å². The predicted octanol–water partition coefficient (Wildman–Crippen LogP) is 1.91. The molecule has 7 heteroatoms. The quantitative estimate of drug-likeness (QED) is 0.759. The highest BCUT2D eigenvalue weighted by atomic mass is 16.3. The van der Waals surface area contributed by atoms with Crippen molar-refractivity contribution < 1.29 is 14.3 Å². The van der Waals surface area contributed by atoms with E-state index in [9.17, 15) is 9.90 Å². The minimum Gasteiger partial charge on any atom is -0.461 e. The van der Waals surface area contributed by atoms with Gasteiger partial charge in [-0.05, 0) is 25.8 Å². The number of furan rings is 1. The molecule has 0 saturated carbocycles. The largest absolute Gasteiger partial charge is 0.461 e. The van der Waals surface area contributed by atoms with Gasteiger partial charge in [0.25, 0.3) is 0 Å². The van der Waals surface area contributed by atoms with E-state index in [1.165, 1.54) is 6.20 Å². The summed E-state index contributed by atoms with van der Waals surface area (Å²) >= 11 is 0. The van der Waals surface area contributed by atoms with Gasteiger partial charge in [0.15, 0.2) is 0 Å². The van der Waals surface area contributed by atoms with Crippen molar-refractivity contribution in [3.63, 3.8) is 0 Å². The van der Waals surface area contributed by atoms with Gasteiger partial charge in [-0.2, -0.15) is 15.4 Å². The number of nitrogens with zero attached hydrogens (tertiary/aromatic N) is 3. The number of hydrogen-bond acceptors (Lipinski definition) is 5. The summed E-state index contributed by atoms with van der Waals surface area (Å²) in [6, 6.07) is 7.73. The van der Waals surface area contributed by atoms with Crippen LogP contribution >= 0.6 is 0 Å². The molecule has 25 heavy (non-hydrogen) atoms. The van der Waals surface area contributed by atoms with E-state index in [1.807, 2.05) is 31.2 Å². The van der Waals surface area contributed by atoms with Crippen molar-refractivity contribution in [2.45, 2.75) is 31.8 Å². The first kappa shape index (κ1) is 15.8. The maximum Gasteiger partial charge on any atom is 0.227 e. The van der Waals surface area contributed by atoms with Crippen LogP contribution in [0.5, 0.6) is 0 Å². The molecule has 2 aromatic heterocycles. The number of hydrogen-bond donors (Lipinski definition) is 2. The van der Waals surface area contributed by atoms with Crippen molar-refractivity contribution in [2.24, 2.45) is 0 Å². The fourth-order valence-corrected chi connectivity index (χ4v) is 3.59. The second-order valence-electron chi connectivity index (χ2n) is 6.62. The molecule has 0 bridgehead atoms. The van der Waals surface area contributed by atoms with Crippen LogP contribution in [-0.2, 0) is 16.8 Å². The Morgan fingerprint density at radius 2 is 2.28 bits per heavy atom. The predicted molar refractivity (Wildman–Crippen MR) is 90.7 cm³/mol. The van der Waals surface area contributed by atoms with E-state index in [0.29, 0.717) is 18.7 Å². The van der Waals surface area contributed by atoms with Crippen molar-refractivity contribution in [2.75, 3.05) is 13.1 Å². The van der Waals surface area contributed by atoms with Crippen molar-refractivity contribution in [1.82, 2.24) is 20.3 Å². The molecule has 1 amide bonds. The first-order valence-electron chi connectivity index (χ1n) is 8.40. The topological polar surface area (TPSA) is 95.3 Å². The number of β-amino-alcohol motifs (C(OH)–C–C–N with tert-alkyl or cyclic N) is 1. The van der Waals surface area contributed by atoms with Gasteiger partial charge < -0.3 is 14.4 Å². The number of fused-ring (bicyclic) bond motifs is 1. The summed E-state index contributed by atoms with van der Waals surface area (Å²) in [5.41, 5.74) is 1.04. The van der Waals surface area contributed by atoms with Crippen LogP contribution < -0.4 is 0 Å².